The Labute approximate surface area is 134 Å². The molecule has 1 N–H and O–H groups in total. The third-order valence-corrected chi connectivity index (χ3v) is 4.30. The van der Waals surface area contributed by atoms with Gasteiger partial charge in [-0.05, 0) is 59.0 Å². The maximum Gasteiger partial charge on any atom is 0.134 e. The molecular weight excluding hydrogens is 326 g/mol. The van der Waals surface area contributed by atoms with Crippen LogP contribution in [0, 0.1) is 6.92 Å². The van der Waals surface area contributed by atoms with E-state index in [1.54, 1.807) is 0 Å². The number of ether oxygens (including phenoxy) is 1. The van der Waals surface area contributed by atoms with E-state index in [4.69, 9.17) is 4.74 Å². The first kappa shape index (κ1) is 14.6. The quantitative estimate of drug-likeness (QED) is 0.826. The normalized spacial score (nSPS) is 14.2. The lowest BCUT2D eigenvalue weighted by Crippen LogP contribution is -2.15. The first-order valence-corrected chi connectivity index (χ1v) is 8.20. The molecule has 1 aliphatic carbocycles. The molecule has 3 rings (SSSR count). The highest BCUT2D eigenvalue weighted by Crippen LogP contribution is 2.27. The van der Waals surface area contributed by atoms with Gasteiger partial charge < -0.3 is 10.1 Å². The van der Waals surface area contributed by atoms with Crippen molar-refractivity contribution in [3.63, 3.8) is 0 Å². The maximum atomic E-state index is 5.89. The highest BCUT2D eigenvalue weighted by molar-refractivity contribution is 9.10. The van der Waals surface area contributed by atoms with Crippen LogP contribution >= 0.6 is 15.9 Å². The zero-order valence-corrected chi connectivity index (χ0v) is 13.8. The summed E-state index contributed by atoms with van der Waals surface area (Å²) in [5, 5.41) is 3.52. The van der Waals surface area contributed by atoms with Crippen LogP contribution < -0.4 is 10.1 Å². The van der Waals surface area contributed by atoms with Gasteiger partial charge in [0.2, 0.25) is 0 Å². The number of aryl methyl sites for hydroxylation is 1. The summed E-state index contributed by atoms with van der Waals surface area (Å²) in [5.74, 6) is 0.894. The Morgan fingerprint density at radius 2 is 1.81 bits per heavy atom. The maximum absolute atomic E-state index is 5.89. The minimum Gasteiger partial charge on any atom is -0.488 e. The van der Waals surface area contributed by atoms with E-state index >= 15 is 0 Å². The van der Waals surface area contributed by atoms with Gasteiger partial charge in [-0.3, -0.25) is 0 Å². The average molecular weight is 346 g/mol. The van der Waals surface area contributed by atoms with Gasteiger partial charge in [-0.25, -0.2) is 0 Å². The highest BCUT2D eigenvalue weighted by atomic mass is 79.9. The number of nitrogens with one attached hydrogen (secondary N) is 1. The molecular formula is C18H20BrNO. The van der Waals surface area contributed by atoms with Gasteiger partial charge >= 0.3 is 0 Å². The minimum atomic E-state index is 0.596. The second-order valence-corrected chi connectivity index (χ2v) is 6.55. The average Bonchev–Trinajstić information content (AvgIpc) is 3.30. The fourth-order valence-electron chi connectivity index (χ4n) is 2.17. The summed E-state index contributed by atoms with van der Waals surface area (Å²) in [6, 6.07) is 15.5. The lowest BCUT2D eigenvalue weighted by Gasteiger charge is -2.10. The summed E-state index contributed by atoms with van der Waals surface area (Å²) in [5.41, 5.74) is 3.75. The molecule has 0 heterocycles. The van der Waals surface area contributed by atoms with Gasteiger partial charge in [0.15, 0.2) is 0 Å². The van der Waals surface area contributed by atoms with Gasteiger partial charge in [0.05, 0.1) is 4.47 Å². The molecule has 2 aromatic carbocycles. The van der Waals surface area contributed by atoms with Crippen molar-refractivity contribution in [3.8, 4) is 5.75 Å². The Morgan fingerprint density at radius 1 is 1.10 bits per heavy atom. The summed E-state index contributed by atoms with van der Waals surface area (Å²) in [6.45, 7) is 3.62. The largest absolute Gasteiger partial charge is 0.488 e. The summed E-state index contributed by atoms with van der Waals surface area (Å²) in [6.07, 6.45) is 2.64. The summed E-state index contributed by atoms with van der Waals surface area (Å²) in [4.78, 5) is 0. The molecule has 1 saturated carbocycles. The zero-order valence-electron chi connectivity index (χ0n) is 12.2. The van der Waals surface area contributed by atoms with Gasteiger partial charge in [0.1, 0.15) is 12.4 Å². The Morgan fingerprint density at radius 3 is 2.48 bits per heavy atom. The number of rotatable bonds is 6. The van der Waals surface area contributed by atoms with E-state index < -0.39 is 0 Å². The predicted octanol–water partition coefficient (Wildman–Crippen LogP) is 4.59. The zero-order chi connectivity index (χ0) is 14.7. The van der Waals surface area contributed by atoms with E-state index in [-0.39, 0.29) is 0 Å². The summed E-state index contributed by atoms with van der Waals surface area (Å²) in [7, 11) is 0. The van der Waals surface area contributed by atoms with Crippen LogP contribution in [0.2, 0.25) is 0 Å². The molecule has 3 heteroatoms. The van der Waals surface area contributed by atoms with Crippen LogP contribution in [0.1, 0.15) is 29.5 Å². The predicted molar refractivity (Wildman–Crippen MR) is 89.5 cm³/mol. The second-order valence-electron chi connectivity index (χ2n) is 5.69. The van der Waals surface area contributed by atoms with Crippen LogP contribution in [0.3, 0.4) is 0 Å². The SMILES string of the molecule is Cc1ccc(COc2ccc(CNC3CC3)cc2Br)cc1. The highest BCUT2D eigenvalue weighted by Gasteiger charge is 2.19. The lowest BCUT2D eigenvalue weighted by molar-refractivity contribution is 0.304. The van der Waals surface area contributed by atoms with Crippen molar-refractivity contribution in [2.75, 3.05) is 0 Å². The third kappa shape index (κ3) is 4.32. The van der Waals surface area contributed by atoms with Crippen molar-refractivity contribution in [1.29, 1.82) is 0 Å². The molecule has 0 bridgehead atoms. The summed E-state index contributed by atoms with van der Waals surface area (Å²) >= 11 is 3.60. The molecule has 0 spiro atoms. The Balaban J connectivity index is 1.58. The van der Waals surface area contributed by atoms with Gasteiger partial charge in [-0.2, -0.15) is 0 Å². The first-order chi connectivity index (χ1) is 10.2. The van der Waals surface area contributed by atoms with Crippen LogP contribution in [0.25, 0.3) is 0 Å². The van der Waals surface area contributed by atoms with E-state index in [0.29, 0.717) is 6.61 Å². The molecule has 2 nitrogen and oxygen atoms in total. The monoisotopic (exact) mass is 345 g/mol. The number of hydrogen-bond donors (Lipinski definition) is 1. The van der Waals surface area contributed by atoms with Crippen molar-refractivity contribution in [3.05, 3.63) is 63.6 Å². The van der Waals surface area contributed by atoms with E-state index in [2.05, 4.69) is 64.6 Å². The Kier molecular flexibility index (Phi) is 4.61. The third-order valence-electron chi connectivity index (χ3n) is 3.68. The molecule has 0 radical (unpaired) electrons. The van der Waals surface area contributed by atoms with E-state index in [1.165, 1.54) is 29.5 Å². The van der Waals surface area contributed by atoms with E-state index in [0.717, 1.165) is 22.8 Å². The van der Waals surface area contributed by atoms with Crippen LogP contribution in [0.5, 0.6) is 5.75 Å². The molecule has 110 valence electrons. The van der Waals surface area contributed by atoms with Crippen LogP contribution in [0.15, 0.2) is 46.9 Å². The van der Waals surface area contributed by atoms with Crippen molar-refractivity contribution in [1.82, 2.24) is 5.32 Å². The molecule has 0 amide bonds. The van der Waals surface area contributed by atoms with Gasteiger partial charge in [-0.1, -0.05) is 35.9 Å². The number of halogens is 1. The summed E-state index contributed by atoms with van der Waals surface area (Å²) < 4.78 is 6.91. The van der Waals surface area contributed by atoms with Crippen molar-refractivity contribution in [2.24, 2.45) is 0 Å². The first-order valence-electron chi connectivity index (χ1n) is 7.41. The molecule has 2 aromatic rings. The smallest absolute Gasteiger partial charge is 0.134 e. The van der Waals surface area contributed by atoms with Crippen molar-refractivity contribution >= 4 is 15.9 Å². The fraction of sp³-hybridized carbons (Fsp3) is 0.333. The van der Waals surface area contributed by atoms with Gasteiger partial charge in [0.25, 0.3) is 0 Å². The van der Waals surface area contributed by atoms with Gasteiger partial charge in [-0.15, -0.1) is 0 Å². The molecule has 1 aliphatic rings. The number of benzene rings is 2. The van der Waals surface area contributed by atoms with Crippen LogP contribution in [0.4, 0.5) is 0 Å². The topological polar surface area (TPSA) is 21.3 Å². The lowest BCUT2D eigenvalue weighted by atomic mass is 10.2. The van der Waals surface area contributed by atoms with Crippen molar-refractivity contribution in [2.45, 2.75) is 39.0 Å². The van der Waals surface area contributed by atoms with E-state index in [9.17, 15) is 0 Å². The molecule has 1 fully saturated rings. The molecule has 0 saturated heterocycles. The second kappa shape index (κ2) is 6.63. The van der Waals surface area contributed by atoms with Crippen LogP contribution in [-0.4, -0.2) is 6.04 Å². The Hall–Kier alpha value is -1.32. The molecule has 0 unspecified atom stereocenters. The van der Waals surface area contributed by atoms with Crippen molar-refractivity contribution < 1.29 is 4.74 Å². The molecule has 0 aliphatic heterocycles. The molecule has 0 atom stereocenters. The molecule has 0 aromatic heterocycles. The van der Waals surface area contributed by atoms with Gasteiger partial charge in [0, 0.05) is 12.6 Å². The standard InChI is InChI=1S/C18H20BrNO/c1-13-2-4-14(5-3-13)12-21-18-9-6-15(10-17(18)19)11-20-16-7-8-16/h2-6,9-10,16,20H,7-8,11-12H2,1H3. The van der Waals surface area contributed by atoms with E-state index in [1.807, 2.05) is 6.07 Å². The Bertz CT molecular complexity index is 605. The van der Waals surface area contributed by atoms with Crippen LogP contribution in [-0.2, 0) is 13.2 Å². The molecule has 21 heavy (non-hydrogen) atoms. The number of hydrogen-bond acceptors (Lipinski definition) is 2. The minimum absolute atomic E-state index is 0.596. The fourth-order valence-corrected chi connectivity index (χ4v) is 2.71.